The van der Waals surface area contributed by atoms with Crippen LogP contribution in [0.4, 0.5) is 0 Å². The van der Waals surface area contributed by atoms with Crippen molar-refractivity contribution >= 4 is 18.4 Å². The molecule has 0 rings (SSSR count). The monoisotopic (exact) mass is 119 g/mol. The number of amides is 1. The van der Waals surface area contributed by atoms with Gasteiger partial charge in [-0.15, -0.1) is 0 Å². The molecule has 0 aliphatic carbocycles. The van der Waals surface area contributed by atoms with Gasteiger partial charge in [0.05, 0.1) is 0 Å². The summed E-state index contributed by atoms with van der Waals surface area (Å²) < 4.78 is 2.48. The molecule has 0 aliphatic heterocycles. The van der Waals surface area contributed by atoms with E-state index < -0.39 is 0 Å². The van der Waals surface area contributed by atoms with Crippen molar-refractivity contribution in [2.24, 2.45) is 0 Å². The Kier molecular flexibility index (Phi) is 3.89. The molecule has 0 unspecified atom stereocenters. The molecule has 0 saturated heterocycles. The van der Waals surface area contributed by atoms with E-state index in [9.17, 15) is 4.79 Å². The fraction of sp³-hybridized carbons (Fsp3) is 0.750. The Morgan fingerprint density at radius 3 is 2.43 bits per heavy atom. The normalized spacial score (nSPS) is 9.00. The van der Waals surface area contributed by atoms with Crippen molar-refractivity contribution in [3.05, 3.63) is 0 Å². The summed E-state index contributed by atoms with van der Waals surface area (Å²) in [5.41, 5.74) is 0. The number of carbonyl (C=O) groups is 1. The van der Waals surface area contributed by atoms with Crippen molar-refractivity contribution in [3.63, 3.8) is 0 Å². The first-order valence-electron chi connectivity index (χ1n) is 2.12. The highest BCUT2D eigenvalue weighted by molar-refractivity contribution is 7.98. The Hall–Kier alpha value is -0.180. The van der Waals surface area contributed by atoms with Gasteiger partial charge in [-0.05, 0) is 11.9 Å². The molecule has 0 atom stereocenters. The minimum Gasteiger partial charge on any atom is -0.303 e. The van der Waals surface area contributed by atoms with Crippen molar-refractivity contribution < 1.29 is 4.79 Å². The van der Waals surface area contributed by atoms with E-state index >= 15 is 0 Å². The number of hydrogen-bond acceptors (Lipinski definition) is 2. The number of rotatable bonds is 3. The highest BCUT2D eigenvalue weighted by Gasteiger charge is 1.87. The van der Waals surface area contributed by atoms with Gasteiger partial charge in [0.1, 0.15) is 0 Å². The molecule has 0 aromatic rings. The zero-order valence-electron chi connectivity index (χ0n) is 4.47. The summed E-state index contributed by atoms with van der Waals surface area (Å²) in [6.45, 7) is 4.03. The number of carbonyl (C=O) groups excluding carboxylic acids is 1. The summed E-state index contributed by atoms with van der Waals surface area (Å²) in [5.74, 6) is 0. The molecular formula is C4H9NOS. The smallest absolute Gasteiger partial charge is 0.216 e. The molecule has 1 amide bonds. The highest BCUT2D eigenvalue weighted by Crippen LogP contribution is 2.00. The zero-order chi connectivity index (χ0) is 5.70. The molecule has 0 fully saturated rings. The third-order valence-electron chi connectivity index (χ3n) is 0.352. The molecule has 2 nitrogen and oxygen atoms in total. The molecule has 0 aromatic heterocycles. The van der Waals surface area contributed by atoms with Gasteiger partial charge in [0.15, 0.2) is 0 Å². The Labute approximate surface area is 47.8 Å². The van der Waals surface area contributed by atoms with Crippen LogP contribution in [-0.2, 0) is 4.79 Å². The van der Waals surface area contributed by atoms with Crippen LogP contribution in [0.25, 0.3) is 0 Å². The first-order chi connectivity index (χ1) is 3.27. The van der Waals surface area contributed by atoms with Gasteiger partial charge in [-0.25, -0.2) is 0 Å². The Balaban J connectivity index is 2.81. The van der Waals surface area contributed by atoms with Crippen LogP contribution in [0, 0.1) is 0 Å². The second-order valence-corrected chi connectivity index (χ2v) is 2.82. The van der Waals surface area contributed by atoms with Crippen molar-refractivity contribution in [2.75, 3.05) is 0 Å². The van der Waals surface area contributed by atoms with Gasteiger partial charge in [-0.3, -0.25) is 4.79 Å². The summed E-state index contributed by atoms with van der Waals surface area (Å²) in [4.78, 5) is 9.58. The van der Waals surface area contributed by atoms with Crippen LogP contribution >= 0.6 is 11.9 Å². The van der Waals surface area contributed by atoms with E-state index in [1.54, 1.807) is 0 Å². The van der Waals surface area contributed by atoms with Crippen molar-refractivity contribution in [1.29, 1.82) is 0 Å². The molecule has 1 N–H and O–H groups in total. The summed E-state index contributed by atoms with van der Waals surface area (Å²) >= 11 is 1.41. The quantitative estimate of drug-likeness (QED) is 0.439. The first-order valence-corrected chi connectivity index (χ1v) is 3.00. The summed E-state index contributed by atoms with van der Waals surface area (Å²) in [5, 5.41) is 0.477. The summed E-state index contributed by atoms with van der Waals surface area (Å²) in [7, 11) is 0. The predicted octanol–water partition coefficient (Wildman–Crippen LogP) is 0.789. The molecule has 0 radical (unpaired) electrons. The van der Waals surface area contributed by atoms with Gasteiger partial charge in [-0.1, -0.05) is 13.8 Å². The van der Waals surface area contributed by atoms with Gasteiger partial charge in [-0.2, -0.15) is 0 Å². The minimum absolute atomic E-state index is 0.477. The summed E-state index contributed by atoms with van der Waals surface area (Å²) in [6, 6.07) is 0. The molecule has 0 saturated carbocycles. The van der Waals surface area contributed by atoms with Crippen LogP contribution in [-0.4, -0.2) is 11.7 Å². The SMILES string of the molecule is CC(C)SNC=O. The van der Waals surface area contributed by atoms with Gasteiger partial charge >= 0.3 is 0 Å². The van der Waals surface area contributed by atoms with E-state index in [-0.39, 0.29) is 0 Å². The van der Waals surface area contributed by atoms with Crippen molar-refractivity contribution in [1.82, 2.24) is 4.72 Å². The van der Waals surface area contributed by atoms with Crippen LogP contribution in [0.5, 0.6) is 0 Å². The fourth-order valence-corrected chi connectivity index (χ4v) is 0.492. The lowest BCUT2D eigenvalue weighted by Crippen LogP contribution is -2.02. The van der Waals surface area contributed by atoms with Gasteiger partial charge in [0.25, 0.3) is 0 Å². The van der Waals surface area contributed by atoms with Gasteiger partial charge in [0, 0.05) is 5.25 Å². The zero-order valence-corrected chi connectivity index (χ0v) is 5.29. The largest absolute Gasteiger partial charge is 0.303 e. The van der Waals surface area contributed by atoms with Gasteiger partial charge < -0.3 is 4.72 Å². The second-order valence-electron chi connectivity index (χ2n) is 1.40. The molecule has 3 heteroatoms. The molecule has 0 heterocycles. The van der Waals surface area contributed by atoms with E-state index in [2.05, 4.69) is 4.72 Å². The highest BCUT2D eigenvalue weighted by atomic mass is 32.2. The maximum absolute atomic E-state index is 9.58. The van der Waals surface area contributed by atoms with Crippen LogP contribution < -0.4 is 4.72 Å². The van der Waals surface area contributed by atoms with Crippen LogP contribution in [0.1, 0.15) is 13.8 Å². The van der Waals surface area contributed by atoms with Crippen LogP contribution in [0.2, 0.25) is 0 Å². The summed E-state index contributed by atoms with van der Waals surface area (Å²) in [6.07, 6.45) is 0.685. The fourth-order valence-electron chi connectivity index (χ4n) is 0.164. The Morgan fingerprint density at radius 1 is 1.71 bits per heavy atom. The molecule has 0 aromatic carbocycles. The lowest BCUT2D eigenvalue weighted by molar-refractivity contribution is -0.107. The standard InChI is InChI=1S/C4H9NOS/c1-4(2)7-5-3-6/h3-4H,1-2H3,(H,5,6). The predicted molar refractivity (Wildman–Crippen MR) is 31.9 cm³/mol. The average molecular weight is 119 g/mol. The second kappa shape index (κ2) is 3.99. The number of hydrogen-bond donors (Lipinski definition) is 1. The molecule has 7 heavy (non-hydrogen) atoms. The van der Waals surface area contributed by atoms with E-state index in [0.29, 0.717) is 11.7 Å². The minimum atomic E-state index is 0.477. The third kappa shape index (κ3) is 5.82. The first kappa shape index (κ1) is 6.82. The lowest BCUT2D eigenvalue weighted by Gasteiger charge is -1.97. The average Bonchev–Trinajstić information content (AvgIpc) is 1.61. The molecule has 0 spiro atoms. The Morgan fingerprint density at radius 2 is 2.29 bits per heavy atom. The maximum Gasteiger partial charge on any atom is 0.216 e. The maximum atomic E-state index is 9.58. The molecule has 42 valence electrons. The molecular weight excluding hydrogens is 110 g/mol. The number of nitrogens with one attached hydrogen (secondary N) is 1. The lowest BCUT2D eigenvalue weighted by atomic mass is 10.6. The van der Waals surface area contributed by atoms with E-state index in [1.165, 1.54) is 11.9 Å². The van der Waals surface area contributed by atoms with Crippen LogP contribution in [0.3, 0.4) is 0 Å². The Bertz CT molecular complexity index is 55.7. The van der Waals surface area contributed by atoms with Crippen molar-refractivity contribution in [2.45, 2.75) is 19.1 Å². The van der Waals surface area contributed by atoms with Gasteiger partial charge in [0.2, 0.25) is 6.41 Å². The van der Waals surface area contributed by atoms with E-state index in [1.807, 2.05) is 13.8 Å². The van der Waals surface area contributed by atoms with E-state index in [0.717, 1.165) is 0 Å². The molecule has 0 aliphatic rings. The molecule has 0 bridgehead atoms. The van der Waals surface area contributed by atoms with E-state index in [4.69, 9.17) is 0 Å². The van der Waals surface area contributed by atoms with Crippen molar-refractivity contribution in [3.8, 4) is 0 Å². The van der Waals surface area contributed by atoms with Crippen LogP contribution in [0.15, 0.2) is 0 Å². The third-order valence-corrected chi connectivity index (χ3v) is 1.06. The topological polar surface area (TPSA) is 29.1 Å².